The molecule has 9 rings (SSSR count). The summed E-state index contributed by atoms with van der Waals surface area (Å²) in [5, 5.41) is 16.5. The van der Waals surface area contributed by atoms with Crippen LogP contribution < -0.4 is 26.0 Å². The molecule has 0 radical (unpaired) electrons. The van der Waals surface area contributed by atoms with Crippen molar-refractivity contribution in [3.63, 3.8) is 0 Å². The fraction of sp³-hybridized carbons (Fsp3) is 0.341. The average Bonchev–Trinajstić information content (AvgIpc) is 3.85. The summed E-state index contributed by atoms with van der Waals surface area (Å²) in [6.07, 6.45) is 4.48. The molecule has 6 heterocycles. The van der Waals surface area contributed by atoms with Crippen LogP contribution in [0.25, 0.3) is 16.9 Å². The van der Waals surface area contributed by atoms with Gasteiger partial charge in [-0.25, -0.2) is 19.3 Å². The van der Waals surface area contributed by atoms with Crippen LogP contribution in [0.15, 0.2) is 78.2 Å². The van der Waals surface area contributed by atoms with Crippen LogP contribution in [0.1, 0.15) is 66.4 Å². The van der Waals surface area contributed by atoms with Crippen molar-refractivity contribution in [2.75, 3.05) is 41.3 Å². The summed E-state index contributed by atoms with van der Waals surface area (Å²) in [5.74, 6) is -0.0608. The Labute approximate surface area is 323 Å². The maximum absolute atomic E-state index is 13.4. The molecule has 2 atom stereocenters. The van der Waals surface area contributed by atoms with Gasteiger partial charge in [0, 0.05) is 68.0 Å². The molecule has 2 fully saturated rings. The largest absolute Gasteiger partial charge is 0.387 e. The molecule has 4 aliphatic rings. The highest BCUT2D eigenvalue weighted by molar-refractivity contribution is 6.05. The number of carbonyl (C=O) groups is 3. The Balaban J connectivity index is 0.00000217. The summed E-state index contributed by atoms with van der Waals surface area (Å²) in [5.41, 5.74) is 6.18. The molecular formula is C41H44N10O5. The summed E-state index contributed by atoms with van der Waals surface area (Å²) in [7, 11) is 0. The van der Waals surface area contributed by atoms with Gasteiger partial charge in [-0.3, -0.25) is 24.5 Å². The summed E-state index contributed by atoms with van der Waals surface area (Å²) in [4.78, 5) is 70.7. The minimum absolute atomic E-state index is 0.169. The first-order valence-electron chi connectivity index (χ1n) is 19.2. The molecule has 56 heavy (non-hydrogen) atoms. The van der Waals surface area contributed by atoms with Gasteiger partial charge in [0.15, 0.2) is 11.5 Å². The van der Waals surface area contributed by atoms with Crippen molar-refractivity contribution in [2.45, 2.75) is 64.8 Å². The number of pyridine rings is 1. The highest BCUT2D eigenvalue weighted by Gasteiger charge is 2.39. The lowest BCUT2D eigenvalue weighted by Crippen LogP contribution is -2.52. The van der Waals surface area contributed by atoms with Crippen molar-refractivity contribution in [2.24, 2.45) is 0 Å². The molecule has 1 aliphatic carbocycles. The molecule has 2 aromatic carbocycles. The second-order valence-electron chi connectivity index (χ2n) is 14.1. The zero-order valence-electron chi connectivity index (χ0n) is 31.4. The number of aromatic nitrogens is 5. The van der Waals surface area contributed by atoms with Crippen LogP contribution in [0, 0.1) is 0 Å². The molecule has 15 nitrogen and oxygen atoms in total. The number of amides is 3. The Morgan fingerprint density at radius 1 is 0.893 bits per heavy atom. The second kappa shape index (κ2) is 15.1. The molecular weight excluding hydrogens is 713 g/mol. The Kier molecular flexibility index (Phi) is 9.85. The lowest BCUT2D eigenvalue weighted by Gasteiger charge is -2.37. The molecule has 0 spiro atoms. The number of allylic oxidation sites excluding steroid dienone is 1. The van der Waals surface area contributed by atoms with Gasteiger partial charge in [-0.2, -0.15) is 4.98 Å². The van der Waals surface area contributed by atoms with Gasteiger partial charge in [-0.1, -0.05) is 26.0 Å². The Morgan fingerprint density at radius 3 is 2.36 bits per heavy atom. The van der Waals surface area contributed by atoms with Crippen molar-refractivity contribution in [1.29, 1.82) is 0 Å². The fourth-order valence-corrected chi connectivity index (χ4v) is 8.01. The zero-order chi connectivity index (χ0) is 39.1. The van der Waals surface area contributed by atoms with Gasteiger partial charge in [-0.05, 0) is 78.9 Å². The average molecular weight is 757 g/mol. The van der Waals surface area contributed by atoms with Crippen LogP contribution in [0.4, 0.5) is 23.0 Å². The van der Waals surface area contributed by atoms with Crippen LogP contribution in [0.2, 0.25) is 0 Å². The quantitative estimate of drug-likeness (QED) is 0.155. The van der Waals surface area contributed by atoms with Gasteiger partial charge in [0.25, 0.3) is 11.5 Å². The monoisotopic (exact) mass is 756 g/mol. The molecule has 0 bridgehead atoms. The number of nitrogens with one attached hydrogen (secondary N) is 2. The van der Waals surface area contributed by atoms with Crippen LogP contribution in [-0.4, -0.2) is 84.3 Å². The second-order valence-corrected chi connectivity index (χ2v) is 14.1. The van der Waals surface area contributed by atoms with E-state index < -0.39 is 18.1 Å². The molecule has 3 N–H and O–H groups in total. The number of fused-ring (bicyclic) bond motifs is 3. The fourth-order valence-electron chi connectivity index (χ4n) is 8.01. The van der Waals surface area contributed by atoms with Crippen LogP contribution in [-0.2, 0) is 29.1 Å². The van der Waals surface area contributed by atoms with E-state index in [0.717, 1.165) is 60.8 Å². The molecule has 2 saturated heterocycles. The van der Waals surface area contributed by atoms with Gasteiger partial charge in [-0.15, -0.1) is 6.58 Å². The van der Waals surface area contributed by atoms with E-state index in [1.807, 2.05) is 50.2 Å². The molecule has 288 valence electrons. The van der Waals surface area contributed by atoms with Crippen molar-refractivity contribution in [1.82, 2.24) is 34.5 Å². The van der Waals surface area contributed by atoms with Crippen molar-refractivity contribution < 1.29 is 19.5 Å². The summed E-state index contributed by atoms with van der Waals surface area (Å²) >= 11 is 0. The van der Waals surface area contributed by atoms with Crippen LogP contribution in [0.3, 0.4) is 0 Å². The van der Waals surface area contributed by atoms with Crippen LogP contribution in [0.5, 0.6) is 0 Å². The Bertz CT molecular complexity index is 2410. The highest BCUT2D eigenvalue weighted by Crippen LogP contribution is 2.33. The number of piperazine rings is 1. The highest BCUT2D eigenvalue weighted by atomic mass is 16.3. The standard InChI is InChI=1S/C39H38N10O5.C2H6/c1-2-15-48-38(54)29-21-40-39(44-35(29)49(48)32-13-4-23-3-12-31(50)34(23)42-32)41-25-5-7-26(8-6-25)45-16-18-46(19-17-45)27-9-10-28-24(20-27)22-47(37(28)53)30-11-14-33(51)43-36(30)52;1-2/h2,4-10,13,20-21,30-31,50H,1,3,11-12,14-19,22H2,(H,40,41,44)(H,43,51,52);1-2H3. The summed E-state index contributed by atoms with van der Waals surface area (Å²) in [6, 6.07) is 17.1. The zero-order valence-corrected chi connectivity index (χ0v) is 31.4. The summed E-state index contributed by atoms with van der Waals surface area (Å²) < 4.78 is 3.18. The number of hydrogen-bond donors (Lipinski definition) is 3. The van der Waals surface area contributed by atoms with E-state index in [1.165, 1.54) is 10.9 Å². The van der Waals surface area contributed by atoms with E-state index >= 15 is 0 Å². The predicted octanol–water partition coefficient (Wildman–Crippen LogP) is 4.00. The third kappa shape index (κ3) is 6.57. The number of aliphatic hydroxyl groups excluding tert-OH is 1. The number of aliphatic hydroxyl groups is 1. The number of rotatable bonds is 8. The normalized spacial score (nSPS) is 19.1. The van der Waals surface area contributed by atoms with E-state index in [-0.39, 0.29) is 30.3 Å². The molecule has 2 unspecified atom stereocenters. The maximum Gasteiger partial charge on any atom is 0.278 e. The minimum Gasteiger partial charge on any atom is -0.387 e. The van der Waals surface area contributed by atoms with Crippen LogP contribution >= 0.6 is 0 Å². The van der Waals surface area contributed by atoms with Crippen molar-refractivity contribution in [3.8, 4) is 5.82 Å². The number of piperidine rings is 1. The van der Waals surface area contributed by atoms with Gasteiger partial charge < -0.3 is 25.1 Å². The van der Waals surface area contributed by atoms with Gasteiger partial charge in [0.2, 0.25) is 17.8 Å². The SMILES string of the molecule is C=CCn1c(=O)c2cnc(Nc3ccc(N4CCN(c5ccc6c(c5)CN(C5CCC(=O)NC5=O)C6=O)CC4)cc3)nc2n1-c1ccc2c(n1)C(O)CC2.CC. The van der Waals surface area contributed by atoms with Gasteiger partial charge in [0.05, 0.1) is 18.3 Å². The third-order valence-electron chi connectivity index (χ3n) is 10.8. The Morgan fingerprint density at radius 2 is 1.62 bits per heavy atom. The van der Waals surface area contributed by atoms with E-state index in [0.29, 0.717) is 53.4 Å². The summed E-state index contributed by atoms with van der Waals surface area (Å²) in [6.45, 7) is 11.6. The number of hydrogen-bond acceptors (Lipinski definition) is 11. The lowest BCUT2D eigenvalue weighted by atomic mass is 10.0. The molecule has 3 aliphatic heterocycles. The minimum atomic E-state index is -0.639. The molecule has 0 saturated carbocycles. The lowest BCUT2D eigenvalue weighted by molar-refractivity contribution is -0.136. The molecule has 3 aromatic heterocycles. The number of nitrogens with zero attached hydrogens (tertiary/aromatic N) is 8. The van der Waals surface area contributed by atoms with E-state index in [1.54, 1.807) is 15.7 Å². The van der Waals surface area contributed by atoms with E-state index in [4.69, 9.17) is 9.97 Å². The number of imide groups is 1. The Hall–Kier alpha value is -6.35. The topological polar surface area (TPSA) is 171 Å². The van der Waals surface area contributed by atoms with E-state index in [9.17, 15) is 24.3 Å². The molecule has 5 aromatic rings. The first-order chi connectivity index (χ1) is 27.2. The number of benzene rings is 2. The van der Waals surface area contributed by atoms with Gasteiger partial charge in [0.1, 0.15) is 11.4 Å². The van der Waals surface area contributed by atoms with E-state index in [2.05, 4.69) is 50.2 Å². The van der Waals surface area contributed by atoms with Gasteiger partial charge >= 0.3 is 0 Å². The van der Waals surface area contributed by atoms with Crippen molar-refractivity contribution in [3.05, 3.63) is 106 Å². The maximum atomic E-state index is 13.4. The first-order valence-corrected chi connectivity index (χ1v) is 19.2. The van der Waals surface area contributed by atoms with Crippen molar-refractivity contribution >= 4 is 51.8 Å². The number of aryl methyl sites for hydroxylation is 1. The number of carbonyl (C=O) groups excluding carboxylic acids is 3. The predicted molar refractivity (Wildman–Crippen MR) is 212 cm³/mol. The molecule has 15 heteroatoms. The first kappa shape index (κ1) is 36.6. The number of anilines is 4. The molecule has 3 amide bonds. The third-order valence-corrected chi connectivity index (χ3v) is 10.8. The smallest absolute Gasteiger partial charge is 0.278 e.